The molecule has 0 aromatic heterocycles. The van der Waals surface area contributed by atoms with Gasteiger partial charge in [0.25, 0.3) is 0 Å². The fraction of sp³-hybridized carbons (Fsp3) is 0. The van der Waals surface area contributed by atoms with E-state index in [0.29, 0.717) is 6.29 Å². The minimum absolute atomic E-state index is 0.0283. The quantitative estimate of drug-likeness (QED) is 0.626. The Hall–Kier alpha value is -1.40. The highest BCUT2D eigenvalue weighted by atomic mass is 35.5. The molecular weight excluding hydrogens is 181 g/mol. The maximum atomic E-state index is 12.6. The van der Waals surface area contributed by atoms with Gasteiger partial charge in [0, 0.05) is 0 Å². The van der Waals surface area contributed by atoms with Crippen LogP contribution < -0.4 is 0 Å². The molecule has 2 nitrogen and oxygen atoms in total. The van der Waals surface area contributed by atoms with Crippen LogP contribution in [0.4, 0.5) is 4.39 Å². The van der Waals surface area contributed by atoms with Gasteiger partial charge in [0.2, 0.25) is 0 Å². The summed E-state index contributed by atoms with van der Waals surface area (Å²) in [6.07, 6.45) is 0.431. The van der Waals surface area contributed by atoms with Crippen LogP contribution in [-0.4, -0.2) is 6.29 Å². The van der Waals surface area contributed by atoms with Gasteiger partial charge in [0.1, 0.15) is 11.9 Å². The Balaban J connectivity index is 3.46. The molecule has 0 unspecified atom stereocenters. The van der Waals surface area contributed by atoms with Crippen molar-refractivity contribution in [3.63, 3.8) is 0 Å². The average Bonchev–Trinajstić information content (AvgIpc) is 2.03. The van der Waals surface area contributed by atoms with E-state index < -0.39 is 5.82 Å². The van der Waals surface area contributed by atoms with E-state index in [1.165, 1.54) is 0 Å². The lowest BCUT2D eigenvalue weighted by Crippen LogP contribution is -1.90. The predicted molar refractivity (Wildman–Crippen MR) is 41.5 cm³/mol. The lowest BCUT2D eigenvalue weighted by atomic mass is 10.1. The smallest absolute Gasteiger partial charge is 0.152 e. The van der Waals surface area contributed by atoms with E-state index in [4.69, 9.17) is 16.9 Å². The van der Waals surface area contributed by atoms with E-state index in [-0.39, 0.29) is 16.1 Å². The molecule has 0 atom stereocenters. The van der Waals surface area contributed by atoms with E-state index >= 15 is 0 Å². The normalized spacial score (nSPS) is 9.08. The van der Waals surface area contributed by atoms with Crippen molar-refractivity contribution in [2.75, 3.05) is 0 Å². The second-order valence-electron chi connectivity index (χ2n) is 2.08. The number of nitrogens with zero attached hydrogens (tertiary/aromatic N) is 1. The van der Waals surface area contributed by atoms with Crippen LogP contribution in [-0.2, 0) is 0 Å². The van der Waals surface area contributed by atoms with Gasteiger partial charge in [0.05, 0.1) is 16.1 Å². The summed E-state index contributed by atoms with van der Waals surface area (Å²) in [5.41, 5.74) is -0.0180. The second-order valence-corrected chi connectivity index (χ2v) is 2.49. The van der Waals surface area contributed by atoms with Gasteiger partial charge < -0.3 is 0 Å². The number of carbonyl (C=O) groups excluding carboxylic acids is 1. The van der Waals surface area contributed by atoms with E-state index in [1.54, 1.807) is 6.07 Å². The first-order chi connectivity index (χ1) is 5.69. The molecule has 0 aliphatic rings. The molecule has 60 valence electrons. The van der Waals surface area contributed by atoms with Gasteiger partial charge in [-0.25, -0.2) is 4.39 Å². The van der Waals surface area contributed by atoms with Crippen LogP contribution in [0.2, 0.25) is 5.02 Å². The summed E-state index contributed by atoms with van der Waals surface area (Å²) in [6, 6.07) is 3.63. The molecule has 0 saturated heterocycles. The highest BCUT2D eigenvalue weighted by Gasteiger charge is 2.07. The van der Waals surface area contributed by atoms with E-state index in [1.807, 2.05) is 0 Å². The van der Waals surface area contributed by atoms with E-state index in [9.17, 15) is 9.18 Å². The SMILES string of the molecule is N#Cc1cc(F)cc(Cl)c1C=O. The Bertz CT molecular complexity index is 370. The Morgan fingerprint density at radius 3 is 2.75 bits per heavy atom. The molecule has 0 aliphatic carbocycles. The minimum atomic E-state index is -0.623. The van der Waals surface area contributed by atoms with Crippen molar-refractivity contribution in [3.8, 4) is 6.07 Å². The number of nitriles is 1. The summed E-state index contributed by atoms with van der Waals surface area (Å²) in [5.74, 6) is -0.623. The van der Waals surface area contributed by atoms with Crippen LogP contribution in [0.15, 0.2) is 12.1 Å². The topological polar surface area (TPSA) is 40.9 Å². The zero-order chi connectivity index (χ0) is 9.14. The first-order valence-corrected chi connectivity index (χ1v) is 3.41. The summed E-state index contributed by atoms with van der Waals surface area (Å²) in [4.78, 5) is 10.4. The maximum absolute atomic E-state index is 12.6. The lowest BCUT2D eigenvalue weighted by molar-refractivity contribution is 0.112. The first-order valence-electron chi connectivity index (χ1n) is 3.03. The second kappa shape index (κ2) is 3.33. The fourth-order valence-electron chi connectivity index (χ4n) is 0.797. The molecule has 0 spiro atoms. The third kappa shape index (κ3) is 1.44. The van der Waals surface area contributed by atoms with Gasteiger partial charge >= 0.3 is 0 Å². The Morgan fingerprint density at radius 2 is 2.25 bits per heavy atom. The van der Waals surface area contributed by atoms with Crippen LogP contribution in [0.1, 0.15) is 15.9 Å². The summed E-state index contributed by atoms with van der Waals surface area (Å²) >= 11 is 5.49. The lowest BCUT2D eigenvalue weighted by Gasteiger charge is -1.97. The molecule has 0 bridgehead atoms. The summed E-state index contributed by atoms with van der Waals surface area (Å²) in [5, 5.41) is 8.42. The van der Waals surface area contributed by atoms with Gasteiger partial charge in [-0.2, -0.15) is 5.26 Å². The largest absolute Gasteiger partial charge is 0.298 e. The number of rotatable bonds is 1. The zero-order valence-electron chi connectivity index (χ0n) is 5.84. The average molecular weight is 184 g/mol. The molecule has 0 N–H and O–H groups in total. The van der Waals surface area contributed by atoms with Crippen molar-refractivity contribution in [3.05, 3.63) is 34.1 Å². The number of aldehydes is 1. The summed E-state index contributed by atoms with van der Waals surface area (Å²) in [6.45, 7) is 0. The molecule has 1 aromatic rings. The predicted octanol–water partition coefficient (Wildman–Crippen LogP) is 2.16. The van der Waals surface area contributed by atoms with Crippen molar-refractivity contribution in [1.82, 2.24) is 0 Å². The molecule has 0 amide bonds. The van der Waals surface area contributed by atoms with Crippen LogP contribution >= 0.6 is 11.6 Å². The molecular formula is C8H3ClFNO. The number of benzene rings is 1. The van der Waals surface area contributed by atoms with Crippen molar-refractivity contribution in [2.45, 2.75) is 0 Å². The number of carbonyl (C=O) groups is 1. The van der Waals surface area contributed by atoms with Gasteiger partial charge in [-0.3, -0.25) is 4.79 Å². The standard InChI is InChI=1S/C8H3ClFNO/c9-8-2-6(10)1-5(3-11)7(8)4-12/h1-2,4H. The van der Waals surface area contributed by atoms with Crippen molar-refractivity contribution >= 4 is 17.9 Å². The van der Waals surface area contributed by atoms with Crippen LogP contribution in [0, 0.1) is 17.1 Å². The highest BCUT2D eigenvalue weighted by Crippen LogP contribution is 2.19. The summed E-state index contributed by atoms with van der Waals surface area (Å²) in [7, 11) is 0. The van der Waals surface area contributed by atoms with Crippen LogP contribution in [0.25, 0.3) is 0 Å². The van der Waals surface area contributed by atoms with Gasteiger partial charge in [-0.05, 0) is 12.1 Å². The van der Waals surface area contributed by atoms with Crippen molar-refractivity contribution in [1.29, 1.82) is 5.26 Å². The number of hydrogen-bond donors (Lipinski definition) is 0. The first kappa shape index (κ1) is 8.69. The third-order valence-electron chi connectivity index (χ3n) is 1.33. The zero-order valence-corrected chi connectivity index (χ0v) is 6.60. The van der Waals surface area contributed by atoms with Gasteiger partial charge in [-0.1, -0.05) is 11.6 Å². The van der Waals surface area contributed by atoms with Crippen LogP contribution in [0.5, 0.6) is 0 Å². The molecule has 12 heavy (non-hydrogen) atoms. The van der Waals surface area contributed by atoms with Gasteiger partial charge in [0.15, 0.2) is 6.29 Å². The van der Waals surface area contributed by atoms with E-state index in [0.717, 1.165) is 12.1 Å². The molecule has 0 radical (unpaired) electrons. The molecule has 0 aliphatic heterocycles. The molecule has 4 heteroatoms. The monoisotopic (exact) mass is 183 g/mol. The van der Waals surface area contributed by atoms with Crippen molar-refractivity contribution in [2.24, 2.45) is 0 Å². The minimum Gasteiger partial charge on any atom is -0.298 e. The maximum Gasteiger partial charge on any atom is 0.152 e. The summed E-state index contributed by atoms with van der Waals surface area (Å²) < 4.78 is 12.6. The number of halogens is 2. The Labute approximate surface area is 73.2 Å². The third-order valence-corrected chi connectivity index (χ3v) is 1.65. The molecule has 1 aromatic carbocycles. The Morgan fingerprint density at radius 1 is 1.58 bits per heavy atom. The van der Waals surface area contributed by atoms with E-state index in [2.05, 4.69) is 0 Å². The van der Waals surface area contributed by atoms with Crippen LogP contribution in [0.3, 0.4) is 0 Å². The Kier molecular flexibility index (Phi) is 2.41. The van der Waals surface area contributed by atoms with Crippen molar-refractivity contribution < 1.29 is 9.18 Å². The number of hydrogen-bond acceptors (Lipinski definition) is 2. The highest BCUT2D eigenvalue weighted by molar-refractivity contribution is 6.33. The fourth-order valence-corrected chi connectivity index (χ4v) is 1.05. The molecule has 0 heterocycles. The molecule has 1 rings (SSSR count). The van der Waals surface area contributed by atoms with Gasteiger partial charge in [-0.15, -0.1) is 0 Å². The molecule has 0 saturated carbocycles. The molecule has 0 fully saturated rings.